The molecule has 0 radical (unpaired) electrons. The molecule has 6 heteroatoms. The third kappa shape index (κ3) is 3.43. The first kappa shape index (κ1) is 14.0. The van der Waals surface area contributed by atoms with Crippen LogP contribution in [0.15, 0.2) is 18.2 Å². The fourth-order valence-corrected chi connectivity index (χ4v) is 1.60. The van der Waals surface area contributed by atoms with Crippen molar-refractivity contribution in [1.29, 1.82) is 0 Å². The molecule has 0 saturated carbocycles. The number of ketones is 1. The first-order valence-electron chi connectivity index (χ1n) is 4.73. The van der Waals surface area contributed by atoms with Crippen LogP contribution in [0.4, 0.5) is 17.6 Å². The molecule has 0 fully saturated rings. The first-order valence-corrected chi connectivity index (χ1v) is 5.26. The molecule has 0 aliphatic rings. The minimum atomic E-state index is -3.04. The summed E-state index contributed by atoms with van der Waals surface area (Å²) in [5, 5.41) is 0. The van der Waals surface area contributed by atoms with Crippen LogP contribution < -0.4 is 0 Å². The average Bonchev–Trinajstić information content (AvgIpc) is 2.28. The molecule has 0 aliphatic heterocycles. The highest BCUT2D eigenvalue weighted by molar-refractivity contribution is 6.27. The Labute approximate surface area is 100 Å². The SMILES string of the molecule is O=C(CCl)Cc1cccc(C(F)F)c1C(F)F. The minimum absolute atomic E-state index is 0.0940. The molecular weight excluding hydrogens is 260 g/mol. The van der Waals surface area contributed by atoms with Gasteiger partial charge in [-0.1, -0.05) is 18.2 Å². The molecule has 17 heavy (non-hydrogen) atoms. The van der Waals surface area contributed by atoms with Crippen LogP contribution in [0.2, 0.25) is 0 Å². The van der Waals surface area contributed by atoms with Gasteiger partial charge in [0, 0.05) is 17.5 Å². The minimum Gasteiger partial charge on any atom is -0.298 e. The number of carbonyl (C=O) groups excluding carboxylic acids is 1. The summed E-state index contributed by atoms with van der Waals surface area (Å²) in [5.74, 6) is -0.818. The fraction of sp³-hybridized carbons (Fsp3) is 0.364. The Morgan fingerprint density at radius 1 is 1.18 bits per heavy atom. The first-order chi connectivity index (χ1) is 7.97. The maximum Gasteiger partial charge on any atom is 0.264 e. The second kappa shape index (κ2) is 6.00. The van der Waals surface area contributed by atoms with E-state index in [0.717, 1.165) is 6.07 Å². The van der Waals surface area contributed by atoms with Crippen LogP contribution in [0.3, 0.4) is 0 Å². The zero-order chi connectivity index (χ0) is 13.0. The van der Waals surface area contributed by atoms with Crippen molar-refractivity contribution < 1.29 is 22.4 Å². The van der Waals surface area contributed by atoms with Crippen LogP contribution in [-0.4, -0.2) is 11.7 Å². The van der Waals surface area contributed by atoms with Gasteiger partial charge >= 0.3 is 0 Å². The molecular formula is C11H9ClF4O. The van der Waals surface area contributed by atoms with Gasteiger partial charge in [-0.2, -0.15) is 0 Å². The van der Waals surface area contributed by atoms with E-state index in [4.69, 9.17) is 11.6 Å². The summed E-state index contributed by atoms with van der Waals surface area (Å²) >= 11 is 5.25. The maximum atomic E-state index is 12.7. The number of hydrogen-bond donors (Lipinski definition) is 0. The smallest absolute Gasteiger partial charge is 0.264 e. The molecule has 0 bridgehead atoms. The van der Waals surface area contributed by atoms with Crippen LogP contribution in [0.5, 0.6) is 0 Å². The number of halogens is 5. The Morgan fingerprint density at radius 2 is 1.82 bits per heavy atom. The predicted octanol–water partition coefficient (Wildman–Crippen LogP) is 3.91. The zero-order valence-corrected chi connectivity index (χ0v) is 9.35. The predicted molar refractivity (Wildman–Crippen MR) is 55.8 cm³/mol. The molecule has 0 amide bonds. The second-order valence-electron chi connectivity index (χ2n) is 3.37. The summed E-state index contributed by atoms with van der Waals surface area (Å²) in [7, 11) is 0. The normalized spacial score (nSPS) is 11.2. The highest BCUT2D eigenvalue weighted by Gasteiger charge is 2.23. The Balaban J connectivity index is 3.20. The summed E-state index contributed by atoms with van der Waals surface area (Å²) in [4.78, 5) is 11.1. The Kier molecular flexibility index (Phi) is 4.93. The van der Waals surface area contributed by atoms with E-state index in [0.29, 0.717) is 0 Å². The van der Waals surface area contributed by atoms with Gasteiger partial charge in [-0.15, -0.1) is 11.6 Å². The average molecular weight is 269 g/mol. The third-order valence-electron chi connectivity index (χ3n) is 2.22. The van der Waals surface area contributed by atoms with Crippen LogP contribution in [0, 0.1) is 0 Å². The van der Waals surface area contributed by atoms with Gasteiger partial charge in [0.05, 0.1) is 5.88 Å². The molecule has 0 aromatic heterocycles. The van der Waals surface area contributed by atoms with E-state index in [1.165, 1.54) is 12.1 Å². The summed E-state index contributed by atoms with van der Waals surface area (Å²) in [6.45, 7) is 0. The van der Waals surface area contributed by atoms with Crippen molar-refractivity contribution in [3.8, 4) is 0 Å². The summed E-state index contributed by atoms with van der Waals surface area (Å²) in [6, 6.07) is 3.39. The van der Waals surface area contributed by atoms with Crippen LogP contribution >= 0.6 is 11.6 Å². The third-order valence-corrected chi connectivity index (χ3v) is 2.52. The van der Waals surface area contributed by atoms with Gasteiger partial charge < -0.3 is 0 Å². The maximum absolute atomic E-state index is 12.7. The van der Waals surface area contributed by atoms with E-state index < -0.39 is 29.8 Å². The van der Waals surface area contributed by atoms with Crippen LogP contribution in [-0.2, 0) is 11.2 Å². The molecule has 0 unspecified atom stereocenters. The van der Waals surface area contributed by atoms with Crippen molar-refractivity contribution in [2.24, 2.45) is 0 Å². The standard InChI is InChI=1S/C11H9ClF4O/c12-5-7(17)4-6-2-1-3-8(10(13)14)9(6)11(15)16/h1-3,10-11H,4-5H2. The number of rotatable bonds is 5. The topological polar surface area (TPSA) is 17.1 Å². The Bertz CT molecular complexity index is 406. The van der Waals surface area contributed by atoms with E-state index in [2.05, 4.69) is 0 Å². The van der Waals surface area contributed by atoms with Crippen LogP contribution in [0.25, 0.3) is 0 Å². The van der Waals surface area contributed by atoms with Gasteiger partial charge in [0.2, 0.25) is 0 Å². The van der Waals surface area contributed by atoms with Gasteiger partial charge in [0.15, 0.2) is 5.78 Å². The highest BCUT2D eigenvalue weighted by atomic mass is 35.5. The lowest BCUT2D eigenvalue weighted by Crippen LogP contribution is -2.09. The van der Waals surface area contributed by atoms with Crippen molar-refractivity contribution in [1.82, 2.24) is 0 Å². The largest absolute Gasteiger partial charge is 0.298 e. The van der Waals surface area contributed by atoms with Gasteiger partial charge in [-0.3, -0.25) is 4.79 Å². The molecule has 94 valence electrons. The molecule has 1 aromatic carbocycles. The van der Waals surface area contributed by atoms with Gasteiger partial charge in [0.1, 0.15) is 0 Å². The van der Waals surface area contributed by atoms with E-state index in [9.17, 15) is 22.4 Å². The van der Waals surface area contributed by atoms with Crippen LogP contribution in [0.1, 0.15) is 29.5 Å². The Morgan fingerprint density at radius 3 is 2.29 bits per heavy atom. The van der Waals surface area contributed by atoms with E-state index >= 15 is 0 Å². The highest BCUT2D eigenvalue weighted by Crippen LogP contribution is 2.33. The number of carbonyl (C=O) groups is 1. The van der Waals surface area contributed by atoms with E-state index in [1.54, 1.807) is 0 Å². The molecule has 0 atom stereocenters. The van der Waals surface area contributed by atoms with Crippen molar-refractivity contribution in [2.75, 3.05) is 5.88 Å². The van der Waals surface area contributed by atoms with E-state index in [1.807, 2.05) is 0 Å². The lowest BCUT2D eigenvalue weighted by molar-refractivity contribution is -0.116. The molecule has 0 heterocycles. The number of benzene rings is 1. The molecule has 1 aromatic rings. The lowest BCUT2D eigenvalue weighted by Gasteiger charge is -2.12. The summed E-state index contributed by atoms with van der Waals surface area (Å²) < 4.78 is 50.5. The monoisotopic (exact) mass is 268 g/mol. The van der Waals surface area contributed by atoms with Gasteiger partial charge in [-0.05, 0) is 5.56 Å². The zero-order valence-electron chi connectivity index (χ0n) is 8.60. The number of Topliss-reactive ketones (excluding diaryl/α,β-unsaturated/α-hetero) is 1. The van der Waals surface area contributed by atoms with Crippen molar-refractivity contribution in [3.63, 3.8) is 0 Å². The van der Waals surface area contributed by atoms with Crippen molar-refractivity contribution >= 4 is 17.4 Å². The lowest BCUT2D eigenvalue weighted by atomic mass is 9.98. The number of hydrogen-bond acceptors (Lipinski definition) is 1. The molecule has 0 spiro atoms. The second-order valence-corrected chi connectivity index (χ2v) is 3.64. The molecule has 0 N–H and O–H groups in total. The Hall–Kier alpha value is -1.10. The van der Waals surface area contributed by atoms with E-state index in [-0.39, 0.29) is 17.9 Å². The molecule has 0 saturated heterocycles. The summed E-state index contributed by atoms with van der Waals surface area (Å²) in [5.41, 5.74) is -1.59. The molecule has 1 nitrogen and oxygen atoms in total. The quantitative estimate of drug-likeness (QED) is 0.584. The molecule has 1 rings (SSSR count). The fourth-order valence-electron chi connectivity index (χ4n) is 1.50. The number of alkyl halides is 5. The summed E-state index contributed by atoms with van der Waals surface area (Å²) in [6.07, 6.45) is -6.40. The van der Waals surface area contributed by atoms with Gasteiger partial charge in [-0.25, -0.2) is 17.6 Å². The molecule has 0 aliphatic carbocycles. The van der Waals surface area contributed by atoms with Gasteiger partial charge in [0.25, 0.3) is 12.9 Å². The van der Waals surface area contributed by atoms with Crippen molar-refractivity contribution in [2.45, 2.75) is 19.3 Å². The van der Waals surface area contributed by atoms with Crippen molar-refractivity contribution in [3.05, 3.63) is 34.9 Å².